The SMILES string of the molecule is CSCC(C)C(=O)N1CC[C@@H]2CNC[C@@H]2CC1.Cl. The molecule has 0 spiro atoms. The van der Waals surface area contributed by atoms with Gasteiger partial charge in [0.2, 0.25) is 5.91 Å². The lowest BCUT2D eigenvalue weighted by molar-refractivity contribution is -0.134. The third-order valence-corrected chi connectivity index (χ3v) is 5.00. The number of nitrogens with zero attached hydrogens (tertiary/aromatic N) is 1. The van der Waals surface area contributed by atoms with Crippen molar-refractivity contribution in [3.05, 3.63) is 0 Å². The fourth-order valence-electron chi connectivity index (χ4n) is 3.07. The zero-order valence-electron chi connectivity index (χ0n) is 11.4. The van der Waals surface area contributed by atoms with Crippen LogP contribution in [0.15, 0.2) is 0 Å². The first-order valence-electron chi connectivity index (χ1n) is 6.70. The first-order valence-corrected chi connectivity index (χ1v) is 8.10. The zero-order valence-corrected chi connectivity index (χ0v) is 13.0. The molecule has 0 bridgehead atoms. The van der Waals surface area contributed by atoms with Gasteiger partial charge in [0.25, 0.3) is 0 Å². The lowest BCUT2D eigenvalue weighted by Crippen LogP contribution is -2.37. The van der Waals surface area contributed by atoms with Gasteiger partial charge in [0.1, 0.15) is 0 Å². The average molecular weight is 293 g/mol. The Bertz CT molecular complexity index is 264. The lowest BCUT2D eigenvalue weighted by atomic mass is 9.92. The second kappa shape index (κ2) is 7.61. The minimum atomic E-state index is 0. The quantitative estimate of drug-likeness (QED) is 0.862. The van der Waals surface area contributed by atoms with Gasteiger partial charge in [-0.3, -0.25) is 4.79 Å². The standard InChI is InChI=1S/C13H24N2OS.ClH/c1-10(9-17-2)13(16)15-5-3-11-7-14-8-12(11)4-6-15;/h10-12,14H,3-9H2,1-2H3;1H/t10?,11-,12+;. The molecule has 1 unspecified atom stereocenters. The summed E-state index contributed by atoms with van der Waals surface area (Å²) < 4.78 is 0. The minimum absolute atomic E-state index is 0. The molecule has 0 aromatic rings. The summed E-state index contributed by atoms with van der Waals surface area (Å²) in [7, 11) is 0. The molecule has 106 valence electrons. The Hall–Kier alpha value is 0.0700. The first kappa shape index (κ1) is 16.1. The average Bonchev–Trinajstić information content (AvgIpc) is 2.68. The van der Waals surface area contributed by atoms with Crippen molar-refractivity contribution >= 4 is 30.1 Å². The zero-order chi connectivity index (χ0) is 12.3. The maximum atomic E-state index is 12.3. The molecule has 2 heterocycles. The number of amides is 1. The fourth-order valence-corrected chi connectivity index (χ4v) is 3.71. The summed E-state index contributed by atoms with van der Waals surface area (Å²) in [6.45, 7) is 6.33. The number of hydrogen-bond acceptors (Lipinski definition) is 3. The molecule has 0 radical (unpaired) electrons. The molecule has 0 saturated carbocycles. The monoisotopic (exact) mass is 292 g/mol. The van der Waals surface area contributed by atoms with Crippen LogP contribution in [0.1, 0.15) is 19.8 Å². The van der Waals surface area contributed by atoms with Gasteiger partial charge in [-0.05, 0) is 44.0 Å². The molecule has 1 amide bonds. The van der Waals surface area contributed by atoms with Crippen molar-refractivity contribution in [2.24, 2.45) is 17.8 Å². The summed E-state index contributed by atoms with van der Waals surface area (Å²) in [5, 5.41) is 3.47. The summed E-state index contributed by atoms with van der Waals surface area (Å²) in [4.78, 5) is 14.4. The molecule has 18 heavy (non-hydrogen) atoms. The number of hydrogen-bond donors (Lipinski definition) is 1. The molecule has 1 N–H and O–H groups in total. The smallest absolute Gasteiger partial charge is 0.226 e. The largest absolute Gasteiger partial charge is 0.342 e. The van der Waals surface area contributed by atoms with E-state index in [2.05, 4.69) is 23.4 Å². The summed E-state index contributed by atoms with van der Waals surface area (Å²) in [6.07, 6.45) is 4.45. The van der Waals surface area contributed by atoms with E-state index < -0.39 is 0 Å². The molecule has 3 nitrogen and oxygen atoms in total. The second-order valence-corrected chi connectivity index (χ2v) is 6.35. The van der Waals surface area contributed by atoms with Crippen molar-refractivity contribution in [1.29, 1.82) is 0 Å². The van der Waals surface area contributed by atoms with E-state index >= 15 is 0 Å². The number of thioether (sulfide) groups is 1. The number of carbonyl (C=O) groups excluding carboxylic acids is 1. The van der Waals surface area contributed by atoms with Crippen molar-refractivity contribution < 1.29 is 4.79 Å². The Balaban J connectivity index is 0.00000162. The van der Waals surface area contributed by atoms with Crippen molar-refractivity contribution in [3.8, 4) is 0 Å². The van der Waals surface area contributed by atoms with Gasteiger partial charge in [-0.1, -0.05) is 6.92 Å². The molecule has 2 rings (SSSR count). The van der Waals surface area contributed by atoms with Gasteiger partial charge in [-0.15, -0.1) is 12.4 Å². The molecule has 0 aliphatic carbocycles. The Morgan fingerprint density at radius 3 is 2.39 bits per heavy atom. The molecule has 2 fully saturated rings. The van der Waals surface area contributed by atoms with Crippen LogP contribution in [-0.4, -0.2) is 49.0 Å². The van der Waals surface area contributed by atoms with Gasteiger partial charge in [0, 0.05) is 24.8 Å². The van der Waals surface area contributed by atoms with E-state index in [9.17, 15) is 4.79 Å². The van der Waals surface area contributed by atoms with Gasteiger partial charge in [0.15, 0.2) is 0 Å². The number of rotatable bonds is 3. The maximum absolute atomic E-state index is 12.3. The van der Waals surface area contributed by atoms with Crippen LogP contribution in [0.4, 0.5) is 0 Å². The number of halogens is 1. The summed E-state index contributed by atoms with van der Waals surface area (Å²) in [6, 6.07) is 0. The van der Waals surface area contributed by atoms with Gasteiger partial charge < -0.3 is 10.2 Å². The number of nitrogens with one attached hydrogen (secondary N) is 1. The summed E-state index contributed by atoms with van der Waals surface area (Å²) in [5.41, 5.74) is 0. The highest BCUT2D eigenvalue weighted by molar-refractivity contribution is 7.98. The molecule has 5 heteroatoms. The summed E-state index contributed by atoms with van der Waals surface area (Å²) >= 11 is 1.77. The van der Waals surface area contributed by atoms with Crippen LogP contribution in [0.3, 0.4) is 0 Å². The van der Waals surface area contributed by atoms with Gasteiger partial charge in [-0.25, -0.2) is 0 Å². The highest BCUT2D eigenvalue weighted by atomic mass is 35.5. The number of fused-ring (bicyclic) bond motifs is 1. The van der Waals surface area contributed by atoms with Crippen LogP contribution in [0.5, 0.6) is 0 Å². The van der Waals surface area contributed by atoms with E-state index in [-0.39, 0.29) is 18.3 Å². The molecule has 0 aromatic carbocycles. The van der Waals surface area contributed by atoms with E-state index in [1.165, 1.54) is 12.8 Å². The molecule has 2 aliphatic heterocycles. The van der Waals surface area contributed by atoms with Crippen molar-refractivity contribution in [1.82, 2.24) is 10.2 Å². The third kappa shape index (κ3) is 3.78. The molecule has 2 aliphatic rings. The normalized spacial score (nSPS) is 29.1. The van der Waals surface area contributed by atoms with Gasteiger partial charge >= 0.3 is 0 Å². The first-order chi connectivity index (χ1) is 8.22. The Morgan fingerprint density at radius 2 is 1.89 bits per heavy atom. The van der Waals surface area contributed by atoms with Crippen LogP contribution >= 0.6 is 24.2 Å². The number of likely N-dealkylation sites (tertiary alicyclic amines) is 1. The molecule has 2 saturated heterocycles. The van der Waals surface area contributed by atoms with Crippen molar-refractivity contribution in [3.63, 3.8) is 0 Å². The molecule has 0 aromatic heterocycles. The summed E-state index contributed by atoms with van der Waals surface area (Å²) in [5.74, 6) is 3.12. The van der Waals surface area contributed by atoms with E-state index in [4.69, 9.17) is 0 Å². The number of carbonyl (C=O) groups is 1. The van der Waals surface area contributed by atoms with E-state index in [0.717, 1.165) is 43.8 Å². The van der Waals surface area contributed by atoms with Gasteiger partial charge in [0.05, 0.1) is 0 Å². The van der Waals surface area contributed by atoms with E-state index in [1.807, 2.05) is 0 Å². The predicted octanol–water partition coefficient (Wildman–Crippen LogP) is 1.87. The van der Waals surface area contributed by atoms with E-state index in [0.29, 0.717) is 5.91 Å². The van der Waals surface area contributed by atoms with Crippen LogP contribution in [0, 0.1) is 17.8 Å². The predicted molar refractivity (Wildman–Crippen MR) is 80.5 cm³/mol. The van der Waals surface area contributed by atoms with Crippen LogP contribution in [-0.2, 0) is 4.79 Å². The van der Waals surface area contributed by atoms with Crippen molar-refractivity contribution in [2.45, 2.75) is 19.8 Å². The highest BCUT2D eigenvalue weighted by Crippen LogP contribution is 2.27. The molecule has 3 atom stereocenters. The fraction of sp³-hybridized carbons (Fsp3) is 0.923. The minimum Gasteiger partial charge on any atom is -0.342 e. The van der Waals surface area contributed by atoms with Crippen LogP contribution < -0.4 is 5.32 Å². The highest BCUT2D eigenvalue weighted by Gasteiger charge is 2.32. The van der Waals surface area contributed by atoms with Crippen LogP contribution in [0.2, 0.25) is 0 Å². The van der Waals surface area contributed by atoms with Crippen LogP contribution in [0.25, 0.3) is 0 Å². The van der Waals surface area contributed by atoms with E-state index in [1.54, 1.807) is 11.8 Å². The Labute approximate surface area is 121 Å². The molecular weight excluding hydrogens is 268 g/mol. The molecular formula is C13H25ClN2OS. The second-order valence-electron chi connectivity index (χ2n) is 5.44. The Morgan fingerprint density at radius 1 is 1.33 bits per heavy atom. The Kier molecular flexibility index (Phi) is 6.82. The third-order valence-electron chi connectivity index (χ3n) is 4.17. The lowest BCUT2D eigenvalue weighted by Gasteiger charge is -2.24. The van der Waals surface area contributed by atoms with Crippen molar-refractivity contribution in [2.75, 3.05) is 38.2 Å². The van der Waals surface area contributed by atoms with Gasteiger partial charge in [-0.2, -0.15) is 11.8 Å². The maximum Gasteiger partial charge on any atom is 0.226 e. The topological polar surface area (TPSA) is 32.3 Å².